The van der Waals surface area contributed by atoms with E-state index in [9.17, 15) is 0 Å². The quantitative estimate of drug-likeness (QED) is 0.115. The molecule has 0 aliphatic carbocycles. The lowest BCUT2D eigenvalue weighted by Crippen LogP contribution is -2.25. The Hall–Kier alpha value is -4.50. The van der Waals surface area contributed by atoms with Crippen molar-refractivity contribution in [2.75, 3.05) is 40.9 Å². The van der Waals surface area contributed by atoms with E-state index >= 15 is 0 Å². The Morgan fingerprint density at radius 1 is 0.511 bits per heavy atom. The van der Waals surface area contributed by atoms with Crippen molar-refractivity contribution < 1.29 is 0 Å². The normalized spacial score (nSPS) is 11.7. The molecule has 1 atom stereocenters. The van der Waals surface area contributed by atoms with E-state index in [1.54, 1.807) is 0 Å². The number of nitrogens with zero attached hydrogens (tertiary/aromatic N) is 3. The van der Waals surface area contributed by atoms with Gasteiger partial charge in [-0.15, -0.1) is 0 Å². The lowest BCUT2D eigenvalue weighted by molar-refractivity contribution is 0.759. The third-order valence-electron chi connectivity index (χ3n) is 9.58. The van der Waals surface area contributed by atoms with Crippen LogP contribution in [0.15, 0.2) is 121 Å². The highest BCUT2D eigenvalue weighted by molar-refractivity contribution is 5.76. The van der Waals surface area contributed by atoms with Gasteiger partial charge in [0, 0.05) is 54.6 Å². The molecule has 47 heavy (non-hydrogen) atoms. The zero-order chi connectivity index (χ0) is 33.2. The van der Waals surface area contributed by atoms with Gasteiger partial charge >= 0.3 is 0 Å². The SMILES string of the molecule is CCN(CC)c1ccc(CCc2ccc(N(c3ccc(C)cc3)c3ccc(CC(C)c4ccccc4)cc3)cc2)c(N(CC)CC)c1. The van der Waals surface area contributed by atoms with E-state index in [1.807, 2.05) is 0 Å². The average molecular weight is 624 g/mol. The largest absolute Gasteiger partial charge is 0.372 e. The molecule has 0 aliphatic heterocycles. The van der Waals surface area contributed by atoms with Crippen molar-refractivity contribution in [1.82, 2.24) is 0 Å². The Morgan fingerprint density at radius 3 is 1.57 bits per heavy atom. The molecule has 0 aliphatic rings. The van der Waals surface area contributed by atoms with Crippen LogP contribution in [-0.4, -0.2) is 26.2 Å². The first-order valence-corrected chi connectivity index (χ1v) is 17.7. The number of aryl methyl sites for hydroxylation is 3. The lowest BCUT2D eigenvalue weighted by atomic mass is 9.94. The lowest BCUT2D eigenvalue weighted by Gasteiger charge is -2.28. The Labute approximate surface area is 284 Å². The topological polar surface area (TPSA) is 9.72 Å². The molecule has 0 radical (unpaired) electrons. The summed E-state index contributed by atoms with van der Waals surface area (Å²) >= 11 is 0. The van der Waals surface area contributed by atoms with Gasteiger partial charge < -0.3 is 14.7 Å². The van der Waals surface area contributed by atoms with E-state index in [0.29, 0.717) is 5.92 Å². The first-order chi connectivity index (χ1) is 22.9. The molecule has 3 heteroatoms. The van der Waals surface area contributed by atoms with Gasteiger partial charge in [-0.1, -0.05) is 85.3 Å². The summed E-state index contributed by atoms with van der Waals surface area (Å²) in [4.78, 5) is 7.31. The second kappa shape index (κ2) is 16.4. The van der Waals surface area contributed by atoms with Gasteiger partial charge in [0.25, 0.3) is 0 Å². The Morgan fingerprint density at radius 2 is 1.02 bits per heavy atom. The van der Waals surface area contributed by atoms with Crippen LogP contribution in [0.1, 0.15) is 68.4 Å². The fraction of sp³-hybridized carbons (Fsp3) is 0.318. The summed E-state index contributed by atoms with van der Waals surface area (Å²) in [5, 5.41) is 0. The van der Waals surface area contributed by atoms with Crippen LogP contribution in [0.4, 0.5) is 28.4 Å². The molecule has 5 aromatic rings. The van der Waals surface area contributed by atoms with Crippen LogP contribution < -0.4 is 14.7 Å². The predicted octanol–water partition coefficient (Wildman–Crippen LogP) is 11.3. The second-order valence-electron chi connectivity index (χ2n) is 12.7. The zero-order valence-corrected chi connectivity index (χ0v) is 29.4. The minimum Gasteiger partial charge on any atom is -0.372 e. The molecule has 0 bridgehead atoms. The van der Waals surface area contributed by atoms with Crippen molar-refractivity contribution in [3.05, 3.63) is 149 Å². The van der Waals surface area contributed by atoms with E-state index in [-0.39, 0.29) is 0 Å². The molecule has 0 spiro atoms. The minimum atomic E-state index is 0.478. The summed E-state index contributed by atoms with van der Waals surface area (Å²) in [7, 11) is 0. The molecule has 0 aromatic heterocycles. The van der Waals surface area contributed by atoms with E-state index in [0.717, 1.165) is 45.4 Å². The molecule has 0 N–H and O–H groups in total. The van der Waals surface area contributed by atoms with Gasteiger partial charge in [0.15, 0.2) is 0 Å². The maximum atomic E-state index is 2.50. The van der Waals surface area contributed by atoms with E-state index in [1.165, 1.54) is 56.3 Å². The highest BCUT2D eigenvalue weighted by atomic mass is 15.1. The highest BCUT2D eigenvalue weighted by Gasteiger charge is 2.15. The van der Waals surface area contributed by atoms with E-state index in [4.69, 9.17) is 0 Å². The summed E-state index contributed by atoms with van der Waals surface area (Å²) in [5.74, 6) is 0.478. The summed E-state index contributed by atoms with van der Waals surface area (Å²) in [6.45, 7) is 17.5. The van der Waals surface area contributed by atoms with Crippen LogP contribution in [0, 0.1) is 6.92 Å². The van der Waals surface area contributed by atoms with Crippen molar-refractivity contribution in [2.24, 2.45) is 0 Å². The number of hydrogen-bond donors (Lipinski definition) is 0. The molecule has 0 amide bonds. The van der Waals surface area contributed by atoms with Crippen LogP contribution in [0.5, 0.6) is 0 Å². The Balaban J connectivity index is 1.36. The number of hydrogen-bond acceptors (Lipinski definition) is 3. The molecule has 0 saturated carbocycles. The predicted molar refractivity (Wildman–Crippen MR) is 205 cm³/mol. The van der Waals surface area contributed by atoms with Crippen molar-refractivity contribution in [2.45, 2.75) is 66.7 Å². The van der Waals surface area contributed by atoms with Gasteiger partial charge in [-0.25, -0.2) is 0 Å². The molecule has 5 aromatic carbocycles. The third kappa shape index (κ3) is 8.46. The molecule has 1 unspecified atom stereocenters. The van der Waals surface area contributed by atoms with E-state index < -0.39 is 0 Å². The van der Waals surface area contributed by atoms with Crippen molar-refractivity contribution in [1.29, 1.82) is 0 Å². The monoisotopic (exact) mass is 623 g/mol. The van der Waals surface area contributed by atoms with Crippen LogP contribution in [0.2, 0.25) is 0 Å². The number of rotatable bonds is 15. The van der Waals surface area contributed by atoms with Gasteiger partial charge in [-0.3, -0.25) is 0 Å². The molecule has 3 nitrogen and oxygen atoms in total. The van der Waals surface area contributed by atoms with Crippen molar-refractivity contribution >= 4 is 28.4 Å². The molecule has 244 valence electrons. The summed E-state index contributed by atoms with van der Waals surface area (Å²) in [6, 6.07) is 45.1. The Kier molecular flexibility index (Phi) is 11.8. The highest BCUT2D eigenvalue weighted by Crippen LogP contribution is 2.36. The van der Waals surface area contributed by atoms with Gasteiger partial charge in [0.2, 0.25) is 0 Å². The Bertz CT molecular complexity index is 1650. The van der Waals surface area contributed by atoms with Crippen LogP contribution in [-0.2, 0) is 19.3 Å². The summed E-state index contributed by atoms with van der Waals surface area (Å²) in [6.07, 6.45) is 3.06. The number of benzene rings is 5. The summed E-state index contributed by atoms with van der Waals surface area (Å²) < 4.78 is 0. The van der Waals surface area contributed by atoms with Crippen LogP contribution in [0.3, 0.4) is 0 Å². The summed E-state index contributed by atoms with van der Waals surface area (Å²) in [5.41, 5.74) is 13.0. The zero-order valence-electron chi connectivity index (χ0n) is 29.4. The van der Waals surface area contributed by atoms with Crippen LogP contribution >= 0.6 is 0 Å². The van der Waals surface area contributed by atoms with Gasteiger partial charge in [0.05, 0.1) is 0 Å². The maximum absolute atomic E-state index is 2.50. The molecule has 5 rings (SSSR count). The van der Waals surface area contributed by atoms with Gasteiger partial charge in [-0.05, 0) is 131 Å². The first kappa shape index (κ1) is 33.9. The maximum Gasteiger partial charge on any atom is 0.0461 e. The average Bonchev–Trinajstić information content (AvgIpc) is 3.11. The first-order valence-electron chi connectivity index (χ1n) is 17.7. The molecule has 0 fully saturated rings. The van der Waals surface area contributed by atoms with Crippen LogP contribution in [0.25, 0.3) is 0 Å². The molecule has 0 saturated heterocycles. The smallest absolute Gasteiger partial charge is 0.0461 e. The molecular weight excluding hydrogens is 571 g/mol. The number of anilines is 5. The second-order valence-corrected chi connectivity index (χ2v) is 12.7. The van der Waals surface area contributed by atoms with E-state index in [2.05, 4.69) is 178 Å². The van der Waals surface area contributed by atoms with Gasteiger partial charge in [0.1, 0.15) is 0 Å². The standard InChI is InChI=1S/C44H53N3/c1-7-45(8-2)43-31-24-39(44(33-43)46(9-3)10-4)23-18-36-19-27-41(28-20-36)47(40-25-16-34(5)17-26-40)42-29-21-37(22-30-42)32-35(6)38-14-12-11-13-15-38/h11-17,19-22,24-31,33,35H,7-10,18,23,32H2,1-6H3. The van der Waals surface area contributed by atoms with Crippen molar-refractivity contribution in [3.63, 3.8) is 0 Å². The minimum absolute atomic E-state index is 0.478. The van der Waals surface area contributed by atoms with Crippen molar-refractivity contribution in [3.8, 4) is 0 Å². The molecule has 0 heterocycles. The fourth-order valence-corrected chi connectivity index (χ4v) is 6.67. The molecular formula is C44H53N3. The third-order valence-corrected chi connectivity index (χ3v) is 9.58. The van der Waals surface area contributed by atoms with Gasteiger partial charge in [-0.2, -0.15) is 0 Å². The fourth-order valence-electron chi connectivity index (χ4n) is 6.67.